The summed E-state index contributed by atoms with van der Waals surface area (Å²) in [6.45, 7) is 16.1. The number of nitrogens with zero attached hydrogens (tertiary/aromatic N) is 4. The Balaban J connectivity index is 1.68. The molecule has 4 heterocycles. The third-order valence-corrected chi connectivity index (χ3v) is 13.6. The molecule has 0 unspecified atom stereocenters. The molecule has 0 radical (unpaired) electrons. The lowest BCUT2D eigenvalue weighted by molar-refractivity contribution is -0.320. The summed E-state index contributed by atoms with van der Waals surface area (Å²) in [5.41, 5.74) is -2.86. The highest BCUT2D eigenvalue weighted by Gasteiger charge is 2.52. The molecule has 0 spiro atoms. The number of ether oxygens (including phenoxy) is 6. The van der Waals surface area contributed by atoms with Gasteiger partial charge in [-0.2, -0.15) is 13.2 Å². The normalized spacial score (nSPS) is 39.7. The van der Waals surface area contributed by atoms with Gasteiger partial charge in [0.2, 0.25) is 17.7 Å². The highest BCUT2D eigenvalue weighted by Crippen LogP contribution is 2.40. The summed E-state index contributed by atoms with van der Waals surface area (Å²) in [6, 6.07) is -2.70. The monoisotopic (exact) mass is 925 g/mol. The molecule has 4 saturated heterocycles. The second-order valence-electron chi connectivity index (χ2n) is 19.7. The van der Waals surface area contributed by atoms with Crippen molar-refractivity contribution >= 4 is 17.7 Å². The van der Waals surface area contributed by atoms with Gasteiger partial charge < -0.3 is 64.0 Å². The number of hydrogen-bond acceptors (Lipinski definition) is 14. The van der Waals surface area contributed by atoms with Gasteiger partial charge in [0.15, 0.2) is 12.6 Å². The molecule has 4 rings (SSSR count). The number of halogens is 3. The zero-order valence-electron chi connectivity index (χ0n) is 40.2. The minimum atomic E-state index is -4.95. The van der Waals surface area contributed by atoms with E-state index in [0.29, 0.717) is 25.9 Å². The van der Waals surface area contributed by atoms with Gasteiger partial charge in [-0.1, -0.05) is 20.8 Å². The van der Waals surface area contributed by atoms with E-state index in [0.717, 1.165) is 26.2 Å². The number of aliphatic hydroxyl groups excluding tert-OH is 1. The fraction of sp³-hybridized carbons (Fsp3) is 0.932. The second kappa shape index (κ2) is 23.2. The number of aliphatic hydroxyl groups is 2. The zero-order valence-corrected chi connectivity index (χ0v) is 40.2. The van der Waals surface area contributed by atoms with Crippen LogP contribution in [0.4, 0.5) is 13.2 Å². The molecule has 0 aromatic rings. The summed E-state index contributed by atoms with van der Waals surface area (Å²) in [4.78, 5) is 47.6. The van der Waals surface area contributed by atoms with Crippen molar-refractivity contribution in [3.05, 3.63) is 0 Å². The number of rotatable bonds is 13. The summed E-state index contributed by atoms with van der Waals surface area (Å²) in [5, 5.41) is 28.7. The van der Waals surface area contributed by atoms with E-state index < -0.39 is 103 Å². The molecule has 20 heteroatoms. The van der Waals surface area contributed by atoms with Crippen molar-refractivity contribution in [2.45, 2.75) is 159 Å². The number of alkyl halides is 3. The Labute approximate surface area is 378 Å². The summed E-state index contributed by atoms with van der Waals surface area (Å²) < 4.78 is 82.0. The van der Waals surface area contributed by atoms with Crippen molar-refractivity contribution in [2.24, 2.45) is 17.8 Å². The molecule has 15 atom stereocenters. The molecule has 4 fully saturated rings. The minimum absolute atomic E-state index is 0.00246. The molecule has 17 nitrogen and oxygen atoms in total. The average molecular weight is 925 g/mol. The summed E-state index contributed by atoms with van der Waals surface area (Å²) in [5.74, 6) is -4.64. The van der Waals surface area contributed by atoms with Crippen LogP contribution in [-0.2, 0) is 42.8 Å². The molecule has 4 aliphatic rings. The number of piperazine rings is 1. The van der Waals surface area contributed by atoms with E-state index in [4.69, 9.17) is 28.4 Å². The number of carbonyl (C=O) groups is 3. The van der Waals surface area contributed by atoms with E-state index >= 15 is 0 Å². The SMILES string of the molecule is CO[C@]1(C)C[C@H](O[C@H]2[C@H](C)[C@@H](O[C@@H]3O[C@H](C)C[C@H](N(C)C)[C@H]3OCCCNC(=O)CN3CCN(C)CC3)[C@](C)(O)C[C@@H](C)CN(C)C(=O)C[C@@H](C(F)(F)F)NC(=O)[C@@H]2C)O[C@@H](C)[C@@H]1O. The molecule has 372 valence electrons. The molecular weight excluding hydrogens is 846 g/mol. The van der Waals surface area contributed by atoms with Crippen LogP contribution in [0.15, 0.2) is 0 Å². The van der Waals surface area contributed by atoms with Gasteiger partial charge in [0.25, 0.3) is 0 Å². The fourth-order valence-corrected chi connectivity index (χ4v) is 9.71. The van der Waals surface area contributed by atoms with Gasteiger partial charge in [0.05, 0.1) is 54.5 Å². The lowest BCUT2D eigenvalue weighted by atomic mass is 9.77. The van der Waals surface area contributed by atoms with E-state index in [-0.39, 0.29) is 44.0 Å². The van der Waals surface area contributed by atoms with Crippen LogP contribution < -0.4 is 10.6 Å². The standard InChI is InChI=1S/C44H79F3N6O11/c1-26-22-42(6,58)39(64-41-37(31(50(8)9)20-27(2)61-41)60-19-13-14-48-33(54)25-53-17-15-51(10)16-18-53)28(3)36(63-35-23-43(7,59-12)38(56)30(5)62-35)29(4)40(57)49-32(44(45,46)47)21-34(55)52(11)24-26/h26-32,35-39,41,56,58H,13-25H2,1-12H3,(H,48,54)(H,49,57)/t26-,27-,28+,29-,30+,31+,32+,35+,36+,37-,38+,39-,41+,42-,43-/m1/s1. The Kier molecular flexibility index (Phi) is 19.7. The molecule has 0 aromatic carbocycles. The highest BCUT2D eigenvalue weighted by atomic mass is 19.4. The smallest absolute Gasteiger partial charge is 0.387 e. The van der Waals surface area contributed by atoms with Gasteiger partial charge in [0, 0.05) is 78.4 Å². The van der Waals surface area contributed by atoms with Crippen molar-refractivity contribution in [3.63, 3.8) is 0 Å². The van der Waals surface area contributed by atoms with Crippen molar-refractivity contribution in [2.75, 3.05) is 87.7 Å². The Morgan fingerprint density at radius 2 is 1.66 bits per heavy atom. The Hall–Kier alpha value is -2.24. The van der Waals surface area contributed by atoms with Crippen LogP contribution in [0.25, 0.3) is 0 Å². The van der Waals surface area contributed by atoms with Gasteiger partial charge in [-0.3, -0.25) is 19.3 Å². The van der Waals surface area contributed by atoms with Crippen LogP contribution in [0.5, 0.6) is 0 Å². The van der Waals surface area contributed by atoms with Crippen LogP contribution in [0, 0.1) is 17.8 Å². The van der Waals surface area contributed by atoms with Crippen LogP contribution >= 0.6 is 0 Å². The van der Waals surface area contributed by atoms with E-state index in [1.54, 1.807) is 34.6 Å². The predicted octanol–water partition coefficient (Wildman–Crippen LogP) is 1.82. The number of methoxy groups -OCH3 is 1. The van der Waals surface area contributed by atoms with E-state index in [9.17, 15) is 37.8 Å². The lowest BCUT2D eigenvalue weighted by Crippen LogP contribution is -2.61. The molecule has 4 N–H and O–H groups in total. The van der Waals surface area contributed by atoms with Crippen LogP contribution in [0.3, 0.4) is 0 Å². The molecular formula is C44H79F3N6O11. The highest BCUT2D eigenvalue weighted by molar-refractivity contribution is 5.81. The Morgan fingerprint density at radius 1 is 1.00 bits per heavy atom. The topological polar surface area (TPSA) is 184 Å². The van der Waals surface area contributed by atoms with Crippen molar-refractivity contribution < 1.29 is 66.2 Å². The van der Waals surface area contributed by atoms with Crippen molar-refractivity contribution in [1.29, 1.82) is 0 Å². The molecule has 0 saturated carbocycles. The van der Waals surface area contributed by atoms with Crippen LogP contribution in [0.2, 0.25) is 0 Å². The van der Waals surface area contributed by atoms with Crippen LogP contribution in [-0.4, -0.2) is 214 Å². The maximum atomic E-state index is 14.5. The molecule has 4 aliphatic heterocycles. The second-order valence-corrected chi connectivity index (χ2v) is 19.7. The zero-order chi connectivity index (χ0) is 47.9. The first-order valence-electron chi connectivity index (χ1n) is 22.9. The predicted molar refractivity (Wildman–Crippen MR) is 231 cm³/mol. The Morgan fingerprint density at radius 3 is 2.27 bits per heavy atom. The molecule has 0 bridgehead atoms. The quantitative estimate of drug-likeness (QED) is 0.196. The van der Waals surface area contributed by atoms with Gasteiger partial charge >= 0.3 is 6.18 Å². The largest absolute Gasteiger partial charge is 0.409 e. The maximum Gasteiger partial charge on any atom is 0.409 e. The molecule has 3 amide bonds. The van der Waals surface area contributed by atoms with Gasteiger partial charge in [0.1, 0.15) is 18.2 Å². The summed E-state index contributed by atoms with van der Waals surface area (Å²) in [7, 11) is 8.73. The van der Waals surface area contributed by atoms with E-state index in [2.05, 4.69) is 27.5 Å². The first-order valence-corrected chi connectivity index (χ1v) is 22.9. The third kappa shape index (κ3) is 14.6. The first-order chi connectivity index (χ1) is 29.8. The number of likely N-dealkylation sites (N-methyl/N-ethyl adjacent to an activating group) is 2. The van der Waals surface area contributed by atoms with E-state index in [1.165, 1.54) is 26.0 Å². The molecule has 0 aromatic heterocycles. The van der Waals surface area contributed by atoms with Gasteiger partial charge in [-0.25, -0.2) is 0 Å². The minimum Gasteiger partial charge on any atom is -0.387 e. The number of nitrogens with one attached hydrogen (secondary N) is 2. The molecule has 64 heavy (non-hydrogen) atoms. The molecule has 0 aliphatic carbocycles. The number of carbonyl (C=O) groups excluding carboxylic acids is 3. The fourth-order valence-electron chi connectivity index (χ4n) is 9.71. The summed E-state index contributed by atoms with van der Waals surface area (Å²) >= 11 is 0. The number of amides is 3. The van der Waals surface area contributed by atoms with E-state index in [1.807, 2.05) is 25.9 Å². The maximum absolute atomic E-state index is 14.5. The van der Waals surface area contributed by atoms with Gasteiger partial charge in [-0.05, 0) is 74.0 Å². The number of hydrogen-bond donors (Lipinski definition) is 4. The third-order valence-electron chi connectivity index (χ3n) is 13.6. The lowest BCUT2D eigenvalue weighted by Gasteiger charge is -2.49. The first kappa shape index (κ1) is 54.4. The van der Waals surface area contributed by atoms with Crippen molar-refractivity contribution in [3.8, 4) is 0 Å². The summed E-state index contributed by atoms with van der Waals surface area (Å²) in [6.07, 6.45) is -12.4. The van der Waals surface area contributed by atoms with Gasteiger partial charge in [-0.15, -0.1) is 0 Å². The van der Waals surface area contributed by atoms with Crippen molar-refractivity contribution in [1.82, 2.24) is 30.2 Å². The average Bonchev–Trinajstić information content (AvgIpc) is 3.20. The van der Waals surface area contributed by atoms with Crippen LogP contribution in [0.1, 0.15) is 80.6 Å². The Bertz CT molecular complexity index is 1510.